The fourth-order valence-corrected chi connectivity index (χ4v) is 3.18. The van der Waals surface area contributed by atoms with Gasteiger partial charge in [-0.15, -0.1) is 0 Å². The summed E-state index contributed by atoms with van der Waals surface area (Å²) in [6.07, 6.45) is 2.75. The Bertz CT molecular complexity index is 332. The Balaban J connectivity index is 2.05. The van der Waals surface area contributed by atoms with Gasteiger partial charge in [-0.3, -0.25) is 0 Å². The Labute approximate surface area is 115 Å². The van der Waals surface area contributed by atoms with Gasteiger partial charge < -0.3 is 20.1 Å². The molecular weight excluding hydrogens is 244 g/mol. The molecule has 2 fully saturated rings. The molecule has 0 radical (unpaired) electrons. The largest absolute Gasteiger partial charge is 0.444 e. The first kappa shape index (κ1) is 14.6. The lowest BCUT2D eigenvalue weighted by Crippen LogP contribution is -2.43. The van der Waals surface area contributed by atoms with E-state index in [1.807, 2.05) is 20.8 Å². The van der Waals surface area contributed by atoms with Gasteiger partial charge in [0.2, 0.25) is 0 Å². The lowest BCUT2D eigenvalue weighted by Gasteiger charge is -2.33. The smallest absolute Gasteiger partial charge is 0.410 e. The van der Waals surface area contributed by atoms with Gasteiger partial charge in [0, 0.05) is 6.54 Å². The van der Waals surface area contributed by atoms with Crippen molar-refractivity contribution in [3.8, 4) is 0 Å². The normalized spacial score (nSPS) is 26.7. The van der Waals surface area contributed by atoms with E-state index in [1.54, 1.807) is 4.90 Å². The Morgan fingerprint density at radius 2 is 2.05 bits per heavy atom. The van der Waals surface area contributed by atoms with Crippen molar-refractivity contribution in [2.45, 2.75) is 51.7 Å². The number of carbonyl (C=O) groups excluding carboxylic acids is 1. The first-order valence-electron chi connectivity index (χ1n) is 7.16. The minimum absolute atomic E-state index is 0.0222. The van der Waals surface area contributed by atoms with E-state index in [1.165, 1.54) is 0 Å². The van der Waals surface area contributed by atoms with E-state index in [-0.39, 0.29) is 24.2 Å². The van der Waals surface area contributed by atoms with Gasteiger partial charge in [-0.2, -0.15) is 0 Å². The highest BCUT2D eigenvalue weighted by Gasteiger charge is 2.46. The molecule has 1 amide bonds. The predicted octanol–water partition coefficient (Wildman–Crippen LogP) is 1.36. The molecule has 2 rings (SSSR count). The highest BCUT2D eigenvalue weighted by molar-refractivity contribution is 5.69. The first-order chi connectivity index (χ1) is 8.85. The third-order valence-corrected chi connectivity index (χ3v) is 4.12. The van der Waals surface area contributed by atoms with Gasteiger partial charge in [0.25, 0.3) is 0 Å². The number of rotatable bonds is 1. The first-order valence-corrected chi connectivity index (χ1v) is 7.16. The molecule has 1 spiro atoms. The van der Waals surface area contributed by atoms with Crippen molar-refractivity contribution in [2.75, 3.05) is 26.2 Å². The molecular formula is C14H26N2O3. The van der Waals surface area contributed by atoms with Gasteiger partial charge in [0.05, 0.1) is 12.6 Å². The van der Waals surface area contributed by atoms with Crippen molar-refractivity contribution in [3.63, 3.8) is 0 Å². The standard InChI is InChI=1S/C14H26N2O3/c1-13(2,3)19-12(18)16-10-14(8-11(16)9-17)4-6-15-7-5-14/h11,15,17H,4-10H2,1-3H3. The highest BCUT2D eigenvalue weighted by Crippen LogP contribution is 2.42. The fraction of sp³-hybridized carbons (Fsp3) is 0.929. The van der Waals surface area contributed by atoms with Crippen molar-refractivity contribution in [2.24, 2.45) is 5.41 Å². The zero-order valence-electron chi connectivity index (χ0n) is 12.2. The lowest BCUT2D eigenvalue weighted by atomic mass is 9.77. The van der Waals surface area contributed by atoms with E-state index in [4.69, 9.17) is 4.74 Å². The number of piperidine rings is 1. The number of hydrogen-bond donors (Lipinski definition) is 2. The molecule has 2 aliphatic heterocycles. The SMILES string of the molecule is CC(C)(C)OC(=O)N1CC2(CCNCC2)CC1CO. The van der Waals surface area contributed by atoms with E-state index in [0.717, 1.165) is 38.9 Å². The van der Waals surface area contributed by atoms with Crippen LogP contribution in [0.3, 0.4) is 0 Å². The van der Waals surface area contributed by atoms with Crippen molar-refractivity contribution in [1.82, 2.24) is 10.2 Å². The molecule has 1 unspecified atom stereocenters. The summed E-state index contributed by atoms with van der Waals surface area (Å²) in [4.78, 5) is 14.0. The van der Waals surface area contributed by atoms with E-state index in [2.05, 4.69) is 5.32 Å². The summed E-state index contributed by atoms with van der Waals surface area (Å²) in [5, 5.41) is 12.9. The quantitative estimate of drug-likeness (QED) is 0.755. The second kappa shape index (κ2) is 5.29. The van der Waals surface area contributed by atoms with Crippen LogP contribution >= 0.6 is 0 Å². The fourth-order valence-electron chi connectivity index (χ4n) is 3.18. The maximum Gasteiger partial charge on any atom is 0.410 e. The van der Waals surface area contributed by atoms with Crippen LogP contribution in [-0.4, -0.2) is 54.0 Å². The molecule has 2 N–H and O–H groups in total. The van der Waals surface area contributed by atoms with E-state index in [9.17, 15) is 9.90 Å². The lowest BCUT2D eigenvalue weighted by molar-refractivity contribution is 0.0159. The number of aliphatic hydroxyl groups is 1. The zero-order valence-corrected chi connectivity index (χ0v) is 12.2. The van der Waals surface area contributed by atoms with Gasteiger partial charge in [0.1, 0.15) is 5.60 Å². The van der Waals surface area contributed by atoms with Crippen LogP contribution in [0.15, 0.2) is 0 Å². The van der Waals surface area contributed by atoms with Crippen molar-refractivity contribution < 1.29 is 14.6 Å². The maximum atomic E-state index is 12.2. The summed E-state index contributed by atoms with van der Waals surface area (Å²) < 4.78 is 5.45. The maximum absolute atomic E-state index is 12.2. The predicted molar refractivity (Wildman–Crippen MR) is 73.0 cm³/mol. The van der Waals surface area contributed by atoms with Crippen molar-refractivity contribution in [3.05, 3.63) is 0 Å². The number of amides is 1. The van der Waals surface area contributed by atoms with E-state index in [0.29, 0.717) is 0 Å². The van der Waals surface area contributed by atoms with Gasteiger partial charge in [0.15, 0.2) is 0 Å². The molecule has 0 bridgehead atoms. The van der Waals surface area contributed by atoms with Gasteiger partial charge in [-0.1, -0.05) is 0 Å². The number of likely N-dealkylation sites (tertiary alicyclic amines) is 1. The van der Waals surface area contributed by atoms with Crippen LogP contribution in [-0.2, 0) is 4.74 Å². The zero-order chi connectivity index (χ0) is 14.1. The molecule has 0 aromatic heterocycles. The van der Waals surface area contributed by atoms with Crippen LogP contribution in [0.25, 0.3) is 0 Å². The van der Waals surface area contributed by atoms with E-state index < -0.39 is 5.60 Å². The summed E-state index contributed by atoms with van der Waals surface area (Å²) in [5.41, 5.74) is -0.309. The minimum Gasteiger partial charge on any atom is -0.444 e. The van der Waals surface area contributed by atoms with E-state index >= 15 is 0 Å². The molecule has 2 aliphatic rings. The molecule has 0 aliphatic carbocycles. The van der Waals surface area contributed by atoms with Crippen LogP contribution in [0.2, 0.25) is 0 Å². The summed E-state index contributed by atoms with van der Waals surface area (Å²) in [6.45, 7) is 8.35. The van der Waals surface area contributed by atoms with Crippen LogP contribution < -0.4 is 5.32 Å². The van der Waals surface area contributed by atoms with Crippen molar-refractivity contribution in [1.29, 1.82) is 0 Å². The van der Waals surface area contributed by atoms with Crippen LogP contribution in [0.4, 0.5) is 4.79 Å². The van der Waals surface area contributed by atoms with Crippen LogP contribution in [0, 0.1) is 5.41 Å². The Hall–Kier alpha value is -0.810. The number of nitrogens with one attached hydrogen (secondary N) is 1. The van der Waals surface area contributed by atoms with Crippen LogP contribution in [0.1, 0.15) is 40.0 Å². The second-order valence-corrected chi connectivity index (χ2v) is 6.90. The molecule has 0 aromatic carbocycles. The summed E-state index contributed by atoms with van der Waals surface area (Å²) in [6, 6.07) is -0.0899. The molecule has 1 atom stereocenters. The number of hydrogen-bond acceptors (Lipinski definition) is 4. The number of aliphatic hydroxyl groups excluding tert-OH is 1. The molecule has 5 nitrogen and oxygen atoms in total. The number of nitrogens with zero attached hydrogens (tertiary/aromatic N) is 1. The average Bonchev–Trinajstić information content (AvgIpc) is 2.67. The molecule has 5 heteroatoms. The highest BCUT2D eigenvalue weighted by atomic mass is 16.6. The minimum atomic E-state index is -0.485. The molecule has 0 aromatic rings. The summed E-state index contributed by atoms with van der Waals surface area (Å²) in [7, 11) is 0. The average molecular weight is 270 g/mol. The third kappa shape index (κ3) is 3.39. The van der Waals surface area contributed by atoms with Gasteiger partial charge >= 0.3 is 6.09 Å². The summed E-state index contributed by atoms with van der Waals surface area (Å²) in [5.74, 6) is 0. The molecule has 2 heterocycles. The molecule has 19 heavy (non-hydrogen) atoms. The number of ether oxygens (including phenoxy) is 1. The third-order valence-electron chi connectivity index (χ3n) is 4.12. The Morgan fingerprint density at radius 1 is 1.42 bits per heavy atom. The van der Waals surface area contributed by atoms with Crippen molar-refractivity contribution >= 4 is 6.09 Å². The van der Waals surface area contributed by atoms with Crippen LogP contribution in [0.5, 0.6) is 0 Å². The monoisotopic (exact) mass is 270 g/mol. The topological polar surface area (TPSA) is 61.8 Å². The Kier molecular flexibility index (Phi) is 4.06. The molecule has 2 saturated heterocycles. The number of carbonyl (C=O) groups is 1. The second-order valence-electron chi connectivity index (χ2n) is 6.90. The van der Waals surface area contributed by atoms with Gasteiger partial charge in [-0.05, 0) is 58.5 Å². The van der Waals surface area contributed by atoms with Gasteiger partial charge in [-0.25, -0.2) is 4.79 Å². The Morgan fingerprint density at radius 3 is 2.58 bits per heavy atom. The molecule has 110 valence electrons. The summed E-state index contributed by atoms with van der Waals surface area (Å²) >= 11 is 0. The molecule has 0 saturated carbocycles.